The van der Waals surface area contributed by atoms with Crippen LogP contribution in [0.4, 0.5) is 5.69 Å². The number of rotatable bonds is 9. The molecule has 34 heavy (non-hydrogen) atoms. The Morgan fingerprint density at radius 2 is 1.62 bits per heavy atom. The van der Waals surface area contributed by atoms with Crippen molar-refractivity contribution in [2.45, 2.75) is 13.8 Å². The van der Waals surface area contributed by atoms with Crippen molar-refractivity contribution in [1.82, 2.24) is 9.78 Å². The number of hydrogen-bond donors (Lipinski definition) is 2. The minimum absolute atomic E-state index is 0.0684. The first kappa shape index (κ1) is 25.4. The molecule has 1 aromatic heterocycles. The summed E-state index contributed by atoms with van der Waals surface area (Å²) in [6, 6.07) is 12.8. The molecule has 0 fully saturated rings. The van der Waals surface area contributed by atoms with Gasteiger partial charge >= 0.3 is 5.97 Å². The molecule has 178 valence electrons. The van der Waals surface area contributed by atoms with Crippen molar-refractivity contribution in [3.05, 3.63) is 86.3 Å². The van der Waals surface area contributed by atoms with Gasteiger partial charge in [-0.25, -0.2) is 4.79 Å². The fraction of sp³-hybridized carbons (Fsp3) is 0.250. The van der Waals surface area contributed by atoms with E-state index in [1.54, 1.807) is 48.5 Å². The van der Waals surface area contributed by atoms with E-state index < -0.39 is 11.5 Å². The number of ether oxygens (including phenoxy) is 1. The van der Waals surface area contributed by atoms with E-state index in [0.717, 1.165) is 24.3 Å². The van der Waals surface area contributed by atoms with Crippen molar-refractivity contribution >= 4 is 40.8 Å². The molecule has 0 aliphatic rings. The summed E-state index contributed by atoms with van der Waals surface area (Å²) in [4.78, 5) is 38.4. The number of amides is 1. The van der Waals surface area contributed by atoms with E-state index in [9.17, 15) is 14.4 Å². The molecule has 0 saturated carbocycles. The van der Waals surface area contributed by atoms with Gasteiger partial charge in [0, 0.05) is 11.3 Å². The molecule has 0 aliphatic carbocycles. The molecule has 0 radical (unpaired) electrons. The third-order valence-corrected chi connectivity index (χ3v) is 6.07. The van der Waals surface area contributed by atoms with Gasteiger partial charge < -0.3 is 15.0 Å². The summed E-state index contributed by atoms with van der Waals surface area (Å²) in [5.74, 6) is -0.746. The molecular weight excluding hydrogens is 479 g/mol. The summed E-state index contributed by atoms with van der Waals surface area (Å²) in [7, 11) is 0. The van der Waals surface area contributed by atoms with Gasteiger partial charge in [-0.05, 0) is 62.4 Å². The number of esters is 1. The number of anilines is 1. The zero-order valence-corrected chi connectivity index (χ0v) is 20.3. The van der Waals surface area contributed by atoms with Gasteiger partial charge in [0.15, 0.2) is 0 Å². The largest absolute Gasteiger partial charge is 0.456 e. The van der Waals surface area contributed by atoms with Crippen LogP contribution in [-0.4, -0.2) is 47.9 Å². The molecule has 0 spiro atoms. The van der Waals surface area contributed by atoms with Crippen LogP contribution in [0.2, 0.25) is 10.0 Å². The molecular formula is C24H25Cl2N4O4+. The number of carbonyl (C=O) groups is 2. The highest BCUT2D eigenvalue weighted by Gasteiger charge is 2.12. The minimum Gasteiger partial charge on any atom is -0.456 e. The Morgan fingerprint density at radius 3 is 2.24 bits per heavy atom. The van der Waals surface area contributed by atoms with Crippen LogP contribution < -0.4 is 15.8 Å². The topological polar surface area (TPSA) is 94.7 Å². The Morgan fingerprint density at radius 1 is 1.00 bits per heavy atom. The van der Waals surface area contributed by atoms with Crippen LogP contribution in [0.3, 0.4) is 0 Å². The smallest absolute Gasteiger partial charge is 0.338 e. The van der Waals surface area contributed by atoms with Gasteiger partial charge in [-0.1, -0.05) is 23.2 Å². The second-order valence-electron chi connectivity index (χ2n) is 7.44. The summed E-state index contributed by atoms with van der Waals surface area (Å²) in [5, 5.41) is 6.66. The molecule has 10 heteroatoms. The molecule has 0 aliphatic heterocycles. The average molecular weight is 504 g/mol. The highest BCUT2D eigenvalue weighted by Crippen LogP contribution is 2.17. The van der Waals surface area contributed by atoms with Crippen LogP contribution in [0, 0.1) is 0 Å². The lowest BCUT2D eigenvalue weighted by Gasteiger charge is -2.15. The lowest BCUT2D eigenvalue weighted by Crippen LogP contribution is -3.11. The van der Waals surface area contributed by atoms with Gasteiger partial charge in [0.1, 0.15) is 18.2 Å². The van der Waals surface area contributed by atoms with E-state index in [1.807, 2.05) is 0 Å². The normalized spacial score (nSPS) is 10.9. The van der Waals surface area contributed by atoms with E-state index in [2.05, 4.69) is 24.3 Å². The van der Waals surface area contributed by atoms with Gasteiger partial charge in [-0.2, -0.15) is 9.78 Å². The molecule has 3 rings (SSSR count). The SMILES string of the molecule is CC[NH+](CC)CCOC(=O)c1ccc(NC(=O)c2ccc(-n3ncc(Cl)c(Cl)c3=O)cc2)cc1. The maximum atomic E-state index is 12.6. The van der Waals surface area contributed by atoms with E-state index in [1.165, 1.54) is 11.1 Å². The van der Waals surface area contributed by atoms with Crippen molar-refractivity contribution in [3.8, 4) is 5.69 Å². The third-order valence-electron chi connectivity index (χ3n) is 5.32. The summed E-state index contributed by atoms with van der Waals surface area (Å²) >= 11 is 11.7. The fourth-order valence-electron chi connectivity index (χ4n) is 3.22. The van der Waals surface area contributed by atoms with Gasteiger partial charge in [0.2, 0.25) is 0 Å². The van der Waals surface area contributed by atoms with Crippen LogP contribution in [0.15, 0.2) is 59.5 Å². The summed E-state index contributed by atoms with van der Waals surface area (Å²) in [6.07, 6.45) is 1.28. The highest BCUT2D eigenvalue weighted by atomic mass is 35.5. The molecule has 3 aromatic rings. The summed E-state index contributed by atoms with van der Waals surface area (Å²) in [6.45, 7) is 7.27. The van der Waals surface area contributed by atoms with Crippen LogP contribution in [-0.2, 0) is 4.74 Å². The molecule has 1 heterocycles. The molecule has 0 atom stereocenters. The lowest BCUT2D eigenvalue weighted by atomic mass is 10.1. The Kier molecular flexibility index (Phi) is 8.81. The van der Waals surface area contributed by atoms with E-state index in [-0.39, 0.29) is 16.0 Å². The Balaban J connectivity index is 1.60. The predicted molar refractivity (Wildman–Crippen MR) is 131 cm³/mol. The second kappa shape index (κ2) is 11.8. The number of aromatic nitrogens is 2. The van der Waals surface area contributed by atoms with E-state index in [4.69, 9.17) is 27.9 Å². The number of quaternary nitrogens is 1. The van der Waals surface area contributed by atoms with Crippen molar-refractivity contribution in [1.29, 1.82) is 0 Å². The van der Waals surface area contributed by atoms with Gasteiger partial charge in [-0.3, -0.25) is 9.59 Å². The zero-order chi connectivity index (χ0) is 24.7. The highest BCUT2D eigenvalue weighted by molar-refractivity contribution is 6.41. The maximum Gasteiger partial charge on any atom is 0.338 e. The molecule has 0 bridgehead atoms. The van der Waals surface area contributed by atoms with Gasteiger partial charge in [0.05, 0.1) is 35.6 Å². The van der Waals surface area contributed by atoms with Gasteiger partial charge in [0.25, 0.3) is 11.5 Å². The van der Waals surface area contributed by atoms with Crippen LogP contribution >= 0.6 is 23.2 Å². The zero-order valence-electron chi connectivity index (χ0n) is 18.8. The monoisotopic (exact) mass is 503 g/mol. The van der Waals surface area contributed by atoms with Gasteiger partial charge in [-0.15, -0.1) is 0 Å². The van der Waals surface area contributed by atoms with E-state index in [0.29, 0.717) is 29.1 Å². The molecule has 2 N–H and O–H groups in total. The molecule has 0 saturated heterocycles. The molecule has 8 nitrogen and oxygen atoms in total. The predicted octanol–water partition coefficient (Wildman–Crippen LogP) is 2.87. The van der Waals surface area contributed by atoms with Crippen LogP contribution in [0.1, 0.15) is 34.6 Å². The van der Waals surface area contributed by atoms with Crippen molar-refractivity contribution in [2.24, 2.45) is 0 Å². The number of likely N-dealkylation sites (N-methyl/N-ethyl adjacent to an activating group) is 1. The standard InChI is InChI=1S/C24H24Cl2N4O4/c1-3-29(4-2)13-14-34-24(33)17-5-9-18(10-6-17)28-22(31)16-7-11-19(12-8-16)30-23(32)21(26)20(25)15-27-30/h5-12,15H,3-4,13-14H2,1-2H3,(H,28,31)/p+1. The lowest BCUT2D eigenvalue weighted by molar-refractivity contribution is -0.896. The van der Waals surface area contributed by atoms with Crippen LogP contribution in [0.5, 0.6) is 0 Å². The van der Waals surface area contributed by atoms with Crippen molar-refractivity contribution in [3.63, 3.8) is 0 Å². The molecule has 0 unspecified atom stereocenters. The number of nitrogens with zero attached hydrogens (tertiary/aromatic N) is 2. The van der Waals surface area contributed by atoms with Crippen LogP contribution in [0.25, 0.3) is 5.69 Å². The Hall–Kier alpha value is -3.20. The fourth-order valence-corrected chi connectivity index (χ4v) is 3.47. The minimum atomic E-state index is -0.556. The van der Waals surface area contributed by atoms with E-state index >= 15 is 0 Å². The molecule has 2 aromatic carbocycles. The number of nitrogens with one attached hydrogen (secondary N) is 2. The first-order valence-corrected chi connectivity index (χ1v) is 11.6. The summed E-state index contributed by atoms with van der Waals surface area (Å²) < 4.78 is 6.42. The Labute approximate surface area is 207 Å². The maximum absolute atomic E-state index is 12.6. The number of halogens is 2. The third kappa shape index (κ3) is 6.22. The van der Waals surface area contributed by atoms with Crippen molar-refractivity contribution < 1.29 is 19.2 Å². The quantitative estimate of drug-likeness (QED) is 0.437. The number of benzene rings is 2. The Bertz CT molecular complexity index is 1210. The average Bonchev–Trinajstić information content (AvgIpc) is 2.86. The number of carbonyl (C=O) groups excluding carboxylic acids is 2. The summed E-state index contributed by atoms with van der Waals surface area (Å²) in [5.41, 5.74) is 1.20. The molecule has 1 amide bonds. The van der Waals surface area contributed by atoms with Crippen molar-refractivity contribution in [2.75, 3.05) is 31.6 Å². The first-order chi connectivity index (χ1) is 16.3. The first-order valence-electron chi connectivity index (χ1n) is 10.8. The number of hydrogen-bond acceptors (Lipinski definition) is 5. The second-order valence-corrected chi connectivity index (χ2v) is 8.23.